The van der Waals surface area contributed by atoms with Crippen molar-refractivity contribution >= 4 is 29.4 Å². The van der Waals surface area contributed by atoms with Crippen molar-refractivity contribution in [3.8, 4) is 0 Å². The van der Waals surface area contributed by atoms with Gasteiger partial charge in [0.15, 0.2) is 0 Å². The Labute approximate surface area is 235 Å². The maximum Gasteiger partial charge on any atom is 0.414 e. The zero-order chi connectivity index (χ0) is 28.5. The molecule has 40 heavy (non-hydrogen) atoms. The number of carboxylic acids is 2. The molecule has 2 aliphatic heterocycles. The topological polar surface area (TPSA) is 90.3 Å². The molecule has 2 N–H and O–H groups in total. The monoisotopic (exact) mass is 570 g/mol. The van der Waals surface area contributed by atoms with Crippen LogP contribution in [0.3, 0.4) is 0 Å². The summed E-state index contributed by atoms with van der Waals surface area (Å²) in [5, 5.41) is 16.9. The second-order valence-corrected chi connectivity index (χ2v) is 10.7. The van der Waals surface area contributed by atoms with Crippen molar-refractivity contribution in [2.24, 2.45) is 0 Å². The van der Waals surface area contributed by atoms with Gasteiger partial charge in [0.05, 0.1) is 6.61 Å². The number of benzene rings is 2. The van der Waals surface area contributed by atoms with Crippen molar-refractivity contribution in [2.75, 3.05) is 32.8 Å². The molecule has 2 aromatic carbocycles. The Bertz CT molecular complexity index is 1200. The first kappa shape index (κ1) is 29.5. The lowest BCUT2D eigenvalue weighted by Gasteiger charge is -2.40. The predicted octanol–water partition coefficient (Wildman–Crippen LogP) is 5.15. The first-order valence-corrected chi connectivity index (χ1v) is 13.9. The molecular weight excluding hydrogens is 538 g/mol. The van der Waals surface area contributed by atoms with Crippen LogP contribution in [0, 0.1) is 11.6 Å². The number of carbonyl (C=O) groups is 2. The molecule has 3 heterocycles. The second-order valence-electron chi connectivity index (χ2n) is 9.72. The summed E-state index contributed by atoms with van der Waals surface area (Å²) >= 11 is 1.77. The molecule has 0 amide bonds. The zero-order valence-corrected chi connectivity index (χ0v) is 22.7. The minimum Gasteiger partial charge on any atom is -0.473 e. The number of halogens is 2. The number of fused-ring (bicyclic) bond motifs is 2. The van der Waals surface area contributed by atoms with Crippen molar-refractivity contribution < 1.29 is 33.3 Å². The van der Waals surface area contributed by atoms with Gasteiger partial charge in [0, 0.05) is 43.1 Å². The Morgan fingerprint density at radius 1 is 0.925 bits per heavy atom. The van der Waals surface area contributed by atoms with Gasteiger partial charge in [0.2, 0.25) is 0 Å². The van der Waals surface area contributed by atoms with Crippen molar-refractivity contribution in [3.63, 3.8) is 0 Å². The van der Waals surface area contributed by atoms with E-state index in [1.165, 1.54) is 42.0 Å². The Morgan fingerprint density at radius 3 is 1.95 bits per heavy atom. The number of likely N-dealkylation sites (tertiary alicyclic amines) is 1. The highest BCUT2D eigenvalue weighted by atomic mass is 32.1. The molecule has 5 rings (SSSR count). The van der Waals surface area contributed by atoms with Crippen molar-refractivity contribution in [1.29, 1.82) is 0 Å². The van der Waals surface area contributed by atoms with Crippen LogP contribution in [0.15, 0.2) is 72.1 Å². The SMILES string of the molecule is Fc1ccc(C(OCCN2CC3CCC(C2)N3C/C=C/c2cccs2)c2ccc(F)cc2)cc1.O=C(O)C(=O)O. The van der Waals surface area contributed by atoms with Crippen LogP contribution in [0.5, 0.6) is 0 Å². The summed E-state index contributed by atoms with van der Waals surface area (Å²) in [5.41, 5.74) is 1.74. The number of ether oxygens (including phenoxy) is 1. The van der Waals surface area contributed by atoms with Crippen LogP contribution in [-0.2, 0) is 14.3 Å². The Morgan fingerprint density at radius 2 is 1.48 bits per heavy atom. The standard InChI is InChI=1S/C28H30F2N2OS.C2H2O4/c29-23-9-5-21(6-10-23)28(22-7-11-24(30)12-8-22)33-17-16-31-19-25-13-14-26(20-31)32(25)15-1-3-27-4-2-18-34-27;3-1(4)2(5)6/h1-12,18,25-26,28H,13-17,19-20H2;(H,3,4)(H,5,6)/b3-1+;. The van der Waals surface area contributed by atoms with Crippen LogP contribution in [0.1, 0.15) is 34.9 Å². The molecule has 2 atom stereocenters. The third kappa shape index (κ3) is 8.28. The molecule has 0 spiro atoms. The highest BCUT2D eigenvalue weighted by Gasteiger charge is 2.38. The first-order valence-electron chi connectivity index (χ1n) is 13.1. The van der Waals surface area contributed by atoms with E-state index in [2.05, 4.69) is 39.5 Å². The zero-order valence-electron chi connectivity index (χ0n) is 21.9. The minimum atomic E-state index is -1.82. The fourth-order valence-electron chi connectivity index (χ4n) is 5.19. The maximum absolute atomic E-state index is 13.5. The van der Waals surface area contributed by atoms with Crippen LogP contribution >= 0.6 is 11.3 Å². The summed E-state index contributed by atoms with van der Waals surface area (Å²) in [5.74, 6) is -4.20. The number of rotatable bonds is 9. The number of piperazine rings is 1. The highest BCUT2D eigenvalue weighted by molar-refractivity contribution is 7.10. The summed E-state index contributed by atoms with van der Waals surface area (Å²) in [6, 6.07) is 18.2. The smallest absolute Gasteiger partial charge is 0.414 e. The van der Waals surface area contributed by atoms with Gasteiger partial charge in [-0.05, 0) is 65.8 Å². The van der Waals surface area contributed by atoms with E-state index in [0.29, 0.717) is 18.7 Å². The van der Waals surface area contributed by atoms with Crippen LogP contribution < -0.4 is 0 Å². The molecule has 2 fully saturated rings. The molecule has 0 aliphatic carbocycles. The summed E-state index contributed by atoms with van der Waals surface area (Å²) < 4.78 is 33.2. The molecule has 10 heteroatoms. The van der Waals surface area contributed by atoms with E-state index in [4.69, 9.17) is 24.5 Å². The third-order valence-corrected chi connectivity index (χ3v) is 7.91. The molecule has 3 aromatic rings. The fraction of sp³-hybridized carbons (Fsp3) is 0.333. The first-order chi connectivity index (χ1) is 19.3. The van der Waals surface area contributed by atoms with Gasteiger partial charge in [-0.1, -0.05) is 36.4 Å². The van der Waals surface area contributed by atoms with Crippen LogP contribution in [0.25, 0.3) is 6.08 Å². The molecule has 0 saturated carbocycles. The van der Waals surface area contributed by atoms with Crippen molar-refractivity contribution in [3.05, 3.63) is 99.8 Å². The molecule has 2 bridgehead atoms. The molecule has 212 valence electrons. The van der Waals surface area contributed by atoms with E-state index in [9.17, 15) is 8.78 Å². The van der Waals surface area contributed by atoms with Crippen molar-refractivity contribution in [2.45, 2.75) is 31.0 Å². The van der Waals surface area contributed by atoms with Gasteiger partial charge >= 0.3 is 11.9 Å². The van der Waals surface area contributed by atoms with Gasteiger partial charge in [0.1, 0.15) is 17.7 Å². The predicted molar refractivity (Wildman–Crippen MR) is 149 cm³/mol. The highest BCUT2D eigenvalue weighted by Crippen LogP contribution is 2.31. The number of hydrogen-bond donors (Lipinski definition) is 2. The minimum absolute atomic E-state index is 0.278. The molecule has 2 unspecified atom stereocenters. The maximum atomic E-state index is 13.5. The van der Waals surface area contributed by atoms with Crippen LogP contribution in [-0.4, -0.2) is 76.8 Å². The lowest BCUT2D eigenvalue weighted by atomic mass is 10.0. The Hall–Kier alpha value is -3.44. The lowest BCUT2D eigenvalue weighted by molar-refractivity contribution is -0.159. The second kappa shape index (κ2) is 14.3. The van der Waals surface area contributed by atoms with E-state index in [1.807, 2.05) is 0 Å². The van der Waals surface area contributed by atoms with Gasteiger partial charge in [-0.25, -0.2) is 18.4 Å². The largest absolute Gasteiger partial charge is 0.473 e. The molecule has 2 saturated heterocycles. The van der Waals surface area contributed by atoms with Crippen LogP contribution in [0.2, 0.25) is 0 Å². The molecular formula is C30H32F2N2O5S. The summed E-state index contributed by atoms with van der Waals surface area (Å²) in [6.07, 6.45) is 6.69. The van der Waals surface area contributed by atoms with Gasteiger partial charge in [0.25, 0.3) is 0 Å². The average Bonchev–Trinajstić information content (AvgIpc) is 3.53. The number of carboxylic acid groups (broad SMARTS) is 2. The van der Waals surface area contributed by atoms with Gasteiger partial charge in [-0.2, -0.15) is 0 Å². The molecule has 0 radical (unpaired) electrons. The lowest BCUT2D eigenvalue weighted by Crippen LogP contribution is -2.54. The summed E-state index contributed by atoms with van der Waals surface area (Å²) in [7, 11) is 0. The molecule has 1 aromatic heterocycles. The van der Waals surface area contributed by atoms with E-state index < -0.39 is 11.9 Å². The Balaban J connectivity index is 0.000000557. The molecule has 7 nitrogen and oxygen atoms in total. The van der Waals surface area contributed by atoms with Crippen LogP contribution in [0.4, 0.5) is 8.78 Å². The van der Waals surface area contributed by atoms with E-state index in [-0.39, 0.29) is 17.7 Å². The van der Waals surface area contributed by atoms with E-state index in [0.717, 1.165) is 37.3 Å². The quantitative estimate of drug-likeness (QED) is 0.344. The number of thiophene rings is 1. The summed E-state index contributed by atoms with van der Waals surface area (Å²) in [4.78, 5) is 24.7. The van der Waals surface area contributed by atoms with Gasteiger partial charge in [-0.3, -0.25) is 9.80 Å². The molecule has 2 aliphatic rings. The van der Waals surface area contributed by atoms with E-state index in [1.54, 1.807) is 35.6 Å². The normalized spacial score (nSPS) is 19.1. The average molecular weight is 571 g/mol. The number of nitrogens with zero attached hydrogens (tertiary/aromatic N) is 2. The Kier molecular flexibility index (Phi) is 10.5. The number of hydrogen-bond acceptors (Lipinski definition) is 6. The number of aliphatic carboxylic acids is 2. The van der Waals surface area contributed by atoms with Gasteiger partial charge < -0.3 is 14.9 Å². The van der Waals surface area contributed by atoms with E-state index >= 15 is 0 Å². The fourth-order valence-corrected chi connectivity index (χ4v) is 5.84. The summed E-state index contributed by atoms with van der Waals surface area (Å²) in [6.45, 7) is 4.55. The van der Waals surface area contributed by atoms with Crippen molar-refractivity contribution in [1.82, 2.24) is 9.80 Å². The third-order valence-electron chi connectivity index (χ3n) is 7.07. The van der Waals surface area contributed by atoms with Gasteiger partial charge in [-0.15, -0.1) is 11.3 Å².